The number of benzene rings is 1. The van der Waals surface area contributed by atoms with Gasteiger partial charge in [0.2, 0.25) is 5.91 Å². The van der Waals surface area contributed by atoms with Crippen molar-refractivity contribution in [1.29, 1.82) is 0 Å². The highest BCUT2D eigenvalue weighted by atomic mass is 16.5. The number of hydrogen-bond acceptors (Lipinski definition) is 4. The second-order valence-electron chi connectivity index (χ2n) is 3.97. The Morgan fingerprint density at radius 1 is 1.33 bits per heavy atom. The maximum Gasteiger partial charge on any atom is 0.220 e. The molecule has 3 N–H and O–H groups in total. The molecule has 0 fully saturated rings. The van der Waals surface area contributed by atoms with E-state index in [1.165, 1.54) is 6.26 Å². The largest absolute Gasteiger partial charge is 0.399 e. The molecule has 5 heteroatoms. The van der Waals surface area contributed by atoms with E-state index in [1.807, 2.05) is 24.3 Å². The molecule has 1 heterocycles. The van der Waals surface area contributed by atoms with Gasteiger partial charge in [-0.1, -0.05) is 23.4 Å². The molecule has 0 bridgehead atoms. The van der Waals surface area contributed by atoms with Gasteiger partial charge in [0, 0.05) is 18.2 Å². The number of para-hydroxylation sites is 1. The molecule has 1 aromatic heterocycles. The molecule has 0 saturated heterocycles. The predicted octanol–water partition coefficient (Wildman–Crippen LogP) is 1.51. The second kappa shape index (κ2) is 5.86. The summed E-state index contributed by atoms with van der Waals surface area (Å²) in [7, 11) is 0. The number of carbonyl (C=O) groups excluding carboxylic acids is 1. The molecule has 2 aromatic rings. The number of hydrogen-bond donors (Lipinski definition) is 2. The van der Waals surface area contributed by atoms with Crippen molar-refractivity contribution in [1.82, 2.24) is 10.5 Å². The Kier molecular flexibility index (Phi) is 3.96. The van der Waals surface area contributed by atoms with Crippen LogP contribution < -0.4 is 11.1 Å². The van der Waals surface area contributed by atoms with Crippen molar-refractivity contribution < 1.29 is 9.32 Å². The third-order valence-electron chi connectivity index (χ3n) is 2.63. The van der Waals surface area contributed by atoms with Gasteiger partial charge in [-0.2, -0.15) is 0 Å². The quantitative estimate of drug-likeness (QED) is 0.782. The van der Waals surface area contributed by atoms with Gasteiger partial charge < -0.3 is 15.6 Å². The van der Waals surface area contributed by atoms with Gasteiger partial charge in [-0.05, 0) is 18.1 Å². The fourth-order valence-electron chi connectivity index (χ4n) is 1.62. The Balaban J connectivity index is 1.77. The van der Waals surface area contributed by atoms with Crippen LogP contribution in [0.4, 0.5) is 5.69 Å². The van der Waals surface area contributed by atoms with Crippen LogP contribution in [0.15, 0.2) is 41.1 Å². The van der Waals surface area contributed by atoms with Gasteiger partial charge in [-0.3, -0.25) is 4.79 Å². The maximum absolute atomic E-state index is 11.6. The van der Waals surface area contributed by atoms with Crippen molar-refractivity contribution in [3.05, 3.63) is 47.9 Å². The second-order valence-corrected chi connectivity index (χ2v) is 3.97. The molecule has 0 aliphatic heterocycles. The molecule has 0 radical (unpaired) electrons. The first-order valence-corrected chi connectivity index (χ1v) is 5.75. The number of carbonyl (C=O) groups is 1. The Labute approximate surface area is 105 Å². The Bertz CT molecular complexity index is 509. The first-order valence-electron chi connectivity index (χ1n) is 5.75. The van der Waals surface area contributed by atoms with Crippen LogP contribution in [0.1, 0.15) is 17.7 Å². The molecule has 0 atom stereocenters. The van der Waals surface area contributed by atoms with Crippen LogP contribution in [-0.2, 0) is 17.8 Å². The lowest BCUT2D eigenvalue weighted by Crippen LogP contribution is -2.23. The van der Waals surface area contributed by atoms with Gasteiger partial charge >= 0.3 is 0 Å². The lowest BCUT2D eigenvalue weighted by atomic mass is 10.1. The summed E-state index contributed by atoms with van der Waals surface area (Å²) in [5, 5.41) is 6.48. The monoisotopic (exact) mass is 245 g/mol. The Hall–Kier alpha value is -2.30. The standard InChI is InChI=1S/C13H15N3O2/c14-12-4-2-1-3-10(12)5-6-13(17)15-9-11-7-8-18-16-11/h1-4,7-8H,5-6,9,14H2,(H,15,17). The summed E-state index contributed by atoms with van der Waals surface area (Å²) in [6.45, 7) is 0.388. The number of aryl methyl sites for hydroxylation is 1. The molecule has 18 heavy (non-hydrogen) atoms. The molecule has 0 aliphatic rings. The van der Waals surface area contributed by atoms with Crippen molar-refractivity contribution in [3.63, 3.8) is 0 Å². The van der Waals surface area contributed by atoms with E-state index in [9.17, 15) is 4.79 Å². The number of nitrogens with zero attached hydrogens (tertiary/aromatic N) is 1. The summed E-state index contributed by atoms with van der Waals surface area (Å²) in [6.07, 6.45) is 2.52. The average molecular weight is 245 g/mol. The average Bonchev–Trinajstić information content (AvgIpc) is 2.88. The summed E-state index contributed by atoms with van der Waals surface area (Å²) in [5.74, 6) is -0.0266. The molecule has 0 saturated carbocycles. The SMILES string of the molecule is Nc1ccccc1CCC(=O)NCc1ccon1. The van der Waals surface area contributed by atoms with Gasteiger partial charge in [0.25, 0.3) is 0 Å². The smallest absolute Gasteiger partial charge is 0.220 e. The number of aromatic nitrogens is 1. The van der Waals surface area contributed by atoms with Crippen LogP contribution in [0.2, 0.25) is 0 Å². The van der Waals surface area contributed by atoms with Crippen molar-refractivity contribution in [2.45, 2.75) is 19.4 Å². The predicted molar refractivity (Wildman–Crippen MR) is 67.5 cm³/mol. The van der Waals surface area contributed by atoms with Crippen molar-refractivity contribution in [3.8, 4) is 0 Å². The van der Waals surface area contributed by atoms with E-state index in [2.05, 4.69) is 15.0 Å². The fraction of sp³-hybridized carbons (Fsp3) is 0.231. The lowest BCUT2D eigenvalue weighted by molar-refractivity contribution is -0.121. The molecule has 2 rings (SSSR count). The van der Waals surface area contributed by atoms with E-state index < -0.39 is 0 Å². The minimum atomic E-state index is -0.0266. The Morgan fingerprint density at radius 2 is 2.17 bits per heavy atom. The summed E-state index contributed by atoms with van der Waals surface area (Å²) in [6, 6.07) is 9.28. The summed E-state index contributed by atoms with van der Waals surface area (Å²) >= 11 is 0. The van der Waals surface area contributed by atoms with E-state index in [0.29, 0.717) is 25.1 Å². The summed E-state index contributed by atoms with van der Waals surface area (Å²) in [5.41, 5.74) is 8.23. The highest BCUT2D eigenvalue weighted by Gasteiger charge is 2.05. The van der Waals surface area contributed by atoms with Crippen LogP contribution in [0.25, 0.3) is 0 Å². The zero-order valence-corrected chi connectivity index (χ0v) is 9.93. The normalized spacial score (nSPS) is 10.2. The number of nitrogen functional groups attached to an aromatic ring is 1. The summed E-state index contributed by atoms with van der Waals surface area (Å²) < 4.78 is 4.67. The van der Waals surface area contributed by atoms with Crippen LogP contribution in [0.3, 0.4) is 0 Å². The fourth-order valence-corrected chi connectivity index (χ4v) is 1.62. The topological polar surface area (TPSA) is 81.2 Å². The van der Waals surface area contributed by atoms with Crippen molar-refractivity contribution in [2.24, 2.45) is 0 Å². The minimum Gasteiger partial charge on any atom is -0.399 e. The van der Waals surface area contributed by atoms with Gasteiger partial charge in [-0.15, -0.1) is 0 Å². The lowest BCUT2D eigenvalue weighted by Gasteiger charge is -2.05. The number of nitrogens with one attached hydrogen (secondary N) is 1. The molecule has 5 nitrogen and oxygen atoms in total. The molecule has 0 aliphatic carbocycles. The molecular formula is C13H15N3O2. The van der Waals surface area contributed by atoms with Gasteiger partial charge in [0.05, 0.1) is 6.54 Å². The zero-order chi connectivity index (χ0) is 12.8. The molecule has 94 valence electrons. The van der Waals surface area contributed by atoms with Crippen LogP contribution >= 0.6 is 0 Å². The molecule has 0 unspecified atom stereocenters. The Morgan fingerprint density at radius 3 is 2.89 bits per heavy atom. The summed E-state index contributed by atoms with van der Waals surface area (Å²) in [4.78, 5) is 11.6. The van der Waals surface area contributed by atoms with E-state index >= 15 is 0 Å². The number of amides is 1. The van der Waals surface area contributed by atoms with E-state index in [1.54, 1.807) is 6.07 Å². The zero-order valence-electron chi connectivity index (χ0n) is 9.93. The number of anilines is 1. The highest BCUT2D eigenvalue weighted by Crippen LogP contribution is 2.12. The van der Waals surface area contributed by atoms with Gasteiger partial charge in [0.1, 0.15) is 12.0 Å². The minimum absolute atomic E-state index is 0.0266. The molecule has 1 aromatic carbocycles. The van der Waals surface area contributed by atoms with E-state index in [0.717, 1.165) is 11.3 Å². The molecule has 1 amide bonds. The number of rotatable bonds is 5. The van der Waals surface area contributed by atoms with E-state index in [4.69, 9.17) is 5.73 Å². The first kappa shape index (κ1) is 12.2. The van der Waals surface area contributed by atoms with Crippen molar-refractivity contribution >= 4 is 11.6 Å². The van der Waals surface area contributed by atoms with Gasteiger partial charge in [-0.25, -0.2) is 0 Å². The van der Waals surface area contributed by atoms with Gasteiger partial charge in [0.15, 0.2) is 0 Å². The first-order chi connectivity index (χ1) is 8.75. The van der Waals surface area contributed by atoms with Crippen LogP contribution in [0.5, 0.6) is 0 Å². The van der Waals surface area contributed by atoms with E-state index in [-0.39, 0.29) is 5.91 Å². The van der Waals surface area contributed by atoms with Crippen LogP contribution in [-0.4, -0.2) is 11.1 Å². The van der Waals surface area contributed by atoms with Crippen molar-refractivity contribution in [2.75, 3.05) is 5.73 Å². The molecular weight excluding hydrogens is 230 g/mol. The maximum atomic E-state index is 11.6. The van der Waals surface area contributed by atoms with Crippen LogP contribution in [0, 0.1) is 0 Å². The number of nitrogens with two attached hydrogens (primary N) is 1. The highest BCUT2D eigenvalue weighted by molar-refractivity contribution is 5.76. The third kappa shape index (κ3) is 3.35. The third-order valence-corrected chi connectivity index (χ3v) is 2.63. The molecule has 0 spiro atoms.